The van der Waals surface area contributed by atoms with E-state index in [0.29, 0.717) is 0 Å². The molecule has 0 spiro atoms. The smallest absolute Gasteiger partial charge is 0.0357 e. The van der Waals surface area contributed by atoms with Gasteiger partial charge in [-0.25, -0.2) is 0 Å². The van der Waals surface area contributed by atoms with Gasteiger partial charge in [0.1, 0.15) is 0 Å². The quantitative estimate of drug-likeness (QED) is 0.347. The van der Waals surface area contributed by atoms with Crippen LogP contribution in [-0.4, -0.2) is 5.45 Å². The molecule has 0 saturated carbocycles. The van der Waals surface area contributed by atoms with E-state index in [-0.39, 0.29) is 16.2 Å². The predicted octanol–water partition coefficient (Wildman–Crippen LogP) is 8.68. The average molecular weight is 455 g/mol. The van der Waals surface area contributed by atoms with E-state index in [1.54, 1.807) is 0 Å². The van der Waals surface area contributed by atoms with Crippen molar-refractivity contribution < 1.29 is 0 Å². The summed E-state index contributed by atoms with van der Waals surface area (Å²) >= 11 is 0. The molecule has 0 amide bonds. The third-order valence-electron chi connectivity index (χ3n) is 6.00. The van der Waals surface area contributed by atoms with Gasteiger partial charge in [-0.1, -0.05) is 141 Å². The lowest BCUT2D eigenvalue weighted by atomic mass is 9.75. The monoisotopic (exact) mass is 454 g/mol. The van der Waals surface area contributed by atoms with Crippen LogP contribution in [0.3, 0.4) is 0 Å². The van der Waals surface area contributed by atoms with Crippen molar-refractivity contribution in [3.63, 3.8) is 0 Å². The SMILES string of the molecule is CC(C)(C)c1cc(C(C)(C)C)c(P=C=C(c2ccccc2)c2ccccc2)c(C(C)(C)C)c1. The molecule has 3 rings (SSSR count). The van der Waals surface area contributed by atoms with Gasteiger partial charge in [-0.3, -0.25) is 0 Å². The van der Waals surface area contributed by atoms with Gasteiger partial charge < -0.3 is 0 Å². The van der Waals surface area contributed by atoms with Crippen LogP contribution in [0.15, 0.2) is 72.8 Å². The van der Waals surface area contributed by atoms with E-state index in [2.05, 4.69) is 141 Å². The summed E-state index contributed by atoms with van der Waals surface area (Å²) in [4.78, 5) is 0. The number of hydrogen-bond acceptors (Lipinski definition) is 0. The molecule has 3 aromatic carbocycles. The Bertz CT molecular complexity index is 1080. The van der Waals surface area contributed by atoms with E-state index in [1.807, 2.05) is 0 Å². The summed E-state index contributed by atoms with van der Waals surface area (Å²) in [5.74, 6) is 0. The van der Waals surface area contributed by atoms with Crippen LogP contribution in [0.5, 0.6) is 0 Å². The zero-order chi connectivity index (χ0) is 24.4. The van der Waals surface area contributed by atoms with Gasteiger partial charge in [0.2, 0.25) is 0 Å². The molecule has 0 bridgehead atoms. The van der Waals surface area contributed by atoms with E-state index in [9.17, 15) is 0 Å². The van der Waals surface area contributed by atoms with E-state index in [4.69, 9.17) is 0 Å². The van der Waals surface area contributed by atoms with Crippen molar-refractivity contribution in [1.29, 1.82) is 0 Å². The minimum Gasteiger partial charge on any atom is -0.0794 e. The molecule has 3 aromatic rings. The van der Waals surface area contributed by atoms with Crippen LogP contribution in [0, 0.1) is 0 Å². The van der Waals surface area contributed by atoms with E-state index in [0.717, 1.165) is 13.8 Å². The van der Waals surface area contributed by atoms with E-state index in [1.165, 1.54) is 33.1 Å². The molecule has 0 aromatic heterocycles. The van der Waals surface area contributed by atoms with E-state index < -0.39 is 0 Å². The highest BCUT2D eigenvalue weighted by atomic mass is 31.1. The molecule has 0 radical (unpaired) electrons. The van der Waals surface area contributed by atoms with Crippen LogP contribution >= 0.6 is 8.20 Å². The molecule has 0 saturated heterocycles. The molecule has 0 heterocycles. The Morgan fingerprint density at radius 1 is 0.576 bits per heavy atom. The van der Waals surface area contributed by atoms with Crippen LogP contribution in [0.25, 0.3) is 5.57 Å². The molecule has 0 unspecified atom stereocenters. The van der Waals surface area contributed by atoms with Crippen molar-refractivity contribution in [2.45, 2.75) is 78.6 Å². The predicted molar refractivity (Wildman–Crippen MR) is 149 cm³/mol. The molecule has 33 heavy (non-hydrogen) atoms. The summed E-state index contributed by atoms with van der Waals surface area (Å²) in [7, 11) is 1.12. The zero-order valence-electron chi connectivity index (χ0n) is 21.9. The fourth-order valence-corrected chi connectivity index (χ4v) is 5.47. The number of rotatable bonds is 3. The van der Waals surface area contributed by atoms with Crippen molar-refractivity contribution >= 4 is 24.5 Å². The zero-order valence-corrected chi connectivity index (χ0v) is 22.8. The fourth-order valence-electron chi connectivity index (χ4n) is 3.95. The molecule has 172 valence electrons. The lowest BCUT2D eigenvalue weighted by molar-refractivity contribution is 0.554. The maximum atomic E-state index is 3.84. The second kappa shape index (κ2) is 9.46. The maximum absolute atomic E-state index is 3.84. The summed E-state index contributed by atoms with van der Waals surface area (Å²) in [6.07, 6.45) is 0. The lowest BCUT2D eigenvalue weighted by Crippen LogP contribution is -2.29. The summed E-state index contributed by atoms with van der Waals surface area (Å²) < 4.78 is 0. The van der Waals surface area contributed by atoms with Gasteiger partial charge in [0.15, 0.2) is 0 Å². The molecule has 0 aliphatic rings. The Hall–Kier alpha value is -2.39. The Morgan fingerprint density at radius 3 is 1.30 bits per heavy atom. The van der Waals surface area contributed by atoms with Gasteiger partial charge in [0, 0.05) is 10.9 Å². The first kappa shape index (κ1) is 25.2. The van der Waals surface area contributed by atoms with Gasteiger partial charge in [-0.15, -0.1) is 0 Å². The Morgan fingerprint density at radius 2 is 0.970 bits per heavy atom. The second-order valence-corrected chi connectivity index (χ2v) is 12.9. The van der Waals surface area contributed by atoms with Gasteiger partial charge in [-0.05, 0) is 52.3 Å². The first-order valence-corrected chi connectivity index (χ1v) is 12.8. The highest BCUT2D eigenvalue weighted by molar-refractivity contribution is 7.47. The van der Waals surface area contributed by atoms with Crippen LogP contribution in [0.4, 0.5) is 0 Å². The van der Waals surface area contributed by atoms with Gasteiger partial charge in [-0.2, -0.15) is 0 Å². The molecular weight excluding hydrogens is 415 g/mol. The summed E-state index contributed by atoms with van der Waals surface area (Å²) in [6.45, 7) is 20.9. The first-order chi connectivity index (χ1) is 15.3. The number of hydrogen-bond donors (Lipinski definition) is 0. The molecule has 0 aliphatic heterocycles. The van der Waals surface area contributed by atoms with Crippen molar-refractivity contribution in [2.75, 3.05) is 0 Å². The Kier molecular flexibility index (Phi) is 7.24. The standard InChI is InChI=1S/C32H39P/c1-30(2,3)25-20-27(31(4,5)6)29(28(21-25)32(7,8)9)33-22-26(23-16-12-10-13-17-23)24-18-14-11-15-19-24/h10-21H,1-9H3. The molecule has 0 atom stereocenters. The third-order valence-corrected chi connectivity index (χ3v) is 7.04. The average Bonchev–Trinajstić information content (AvgIpc) is 2.73. The molecule has 0 N–H and O–H groups in total. The van der Waals surface area contributed by atoms with Crippen molar-refractivity contribution in [1.82, 2.24) is 0 Å². The van der Waals surface area contributed by atoms with Crippen LogP contribution in [0.1, 0.15) is 90.1 Å². The van der Waals surface area contributed by atoms with Gasteiger partial charge in [0.25, 0.3) is 0 Å². The number of benzene rings is 3. The van der Waals surface area contributed by atoms with Gasteiger partial charge >= 0.3 is 0 Å². The van der Waals surface area contributed by atoms with Crippen LogP contribution in [0.2, 0.25) is 0 Å². The largest absolute Gasteiger partial charge is 0.0794 e. The minimum atomic E-state index is 0.0466. The molecule has 0 fully saturated rings. The first-order valence-electron chi connectivity index (χ1n) is 11.9. The van der Waals surface area contributed by atoms with Crippen molar-refractivity contribution in [3.8, 4) is 0 Å². The highest BCUT2D eigenvalue weighted by Gasteiger charge is 2.28. The van der Waals surface area contributed by atoms with Crippen LogP contribution < -0.4 is 5.30 Å². The lowest BCUT2D eigenvalue weighted by Gasteiger charge is -2.32. The van der Waals surface area contributed by atoms with E-state index >= 15 is 0 Å². The van der Waals surface area contributed by atoms with Crippen molar-refractivity contribution in [2.24, 2.45) is 0 Å². The molecule has 0 aliphatic carbocycles. The molecular formula is C32H39P. The summed E-state index contributed by atoms with van der Waals surface area (Å²) in [5.41, 5.74) is 11.9. The Balaban J connectivity index is 2.39. The van der Waals surface area contributed by atoms with Gasteiger partial charge in [0.05, 0.1) is 0 Å². The highest BCUT2D eigenvalue weighted by Crippen LogP contribution is 2.35. The normalized spacial score (nSPS) is 12.5. The minimum absolute atomic E-state index is 0.0466. The molecule has 0 nitrogen and oxygen atoms in total. The fraction of sp³-hybridized carbons (Fsp3) is 0.375. The molecule has 1 heteroatoms. The maximum Gasteiger partial charge on any atom is 0.0357 e. The Labute approximate surface area is 203 Å². The summed E-state index contributed by atoms with van der Waals surface area (Å²) in [6, 6.07) is 26.2. The second-order valence-electron chi connectivity index (χ2n) is 12.0. The topological polar surface area (TPSA) is 0 Å². The third kappa shape index (κ3) is 6.14. The van der Waals surface area contributed by atoms with Crippen molar-refractivity contribution in [3.05, 3.63) is 101 Å². The summed E-state index contributed by atoms with van der Waals surface area (Å²) in [5, 5.41) is 1.40. The van der Waals surface area contributed by atoms with Crippen LogP contribution in [-0.2, 0) is 16.2 Å².